The van der Waals surface area contributed by atoms with E-state index in [0.717, 1.165) is 26.9 Å². The van der Waals surface area contributed by atoms with E-state index in [1.54, 1.807) is 7.11 Å². The SMILES string of the molecule is COc1cc(C)cc(C)c1C(NN)c1ccc(C)cc1Br. The molecule has 0 aromatic heterocycles. The van der Waals surface area contributed by atoms with Gasteiger partial charge in [-0.1, -0.05) is 34.1 Å². The van der Waals surface area contributed by atoms with Crippen LogP contribution in [0.25, 0.3) is 0 Å². The van der Waals surface area contributed by atoms with E-state index in [2.05, 4.69) is 66.4 Å². The summed E-state index contributed by atoms with van der Waals surface area (Å²) in [5.41, 5.74) is 8.61. The molecule has 2 aromatic rings. The average Bonchev–Trinajstić information content (AvgIpc) is 2.42. The first-order chi connectivity index (χ1) is 9.97. The molecule has 0 aliphatic heterocycles. The largest absolute Gasteiger partial charge is 0.496 e. The van der Waals surface area contributed by atoms with Crippen molar-refractivity contribution in [1.29, 1.82) is 0 Å². The summed E-state index contributed by atoms with van der Waals surface area (Å²) in [6, 6.07) is 10.3. The fourth-order valence-electron chi connectivity index (χ4n) is 2.67. The van der Waals surface area contributed by atoms with Gasteiger partial charge in [0.1, 0.15) is 5.75 Å². The first-order valence-electron chi connectivity index (χ1n) is 6.85. The molecule has 3 N–H and O–H groups in total. The average molecular weight is 349 g/mol. The third-order valence-electron chi connectivity index (χ3n) is 3.64. The second-order valence-corrected chi connectivity index (χ2v) is 6.18. The summed E-state index contributed by atoms with van der Waals surface area (Å²) in [7, 11) is 1.69. The standard InChI is InChI=1S/C17H21BrN2O/c1-10-5-6-13(14(18)8-10)17(20-19)16-12(3)7-11(2)9-15(16)21-4/h5-9,17,20H,19H2,1-4H3. The lowest BCUT2D eigenvalue weighted by Gasteiger charge is -2.23. The van der Waals surface area contributed by atoms with Gasteiger partial charge in [0.15, 0.2) is 0 Å². The Bertz CT molecular complexity index is 655. The number of halogens is 1. The third kappa shape index (κ3) is 3.28. The van der Waals surface area contributed by atoms with Gasteiger partial charge in [-0.2, -0.15) is 0 Å². The van der Waals surface area contributed by atoms with Crippen molar-refractivity contribution in [3.63, 3.8) is 0 Å². The number of hydrazine groups is 1. The topological polar surface area (TPSA) is 47.3 Å². The van der Waals surface area contributed by atoms with Gasteiger partial charge < -0.3 is 4.74 Å². The molecule has 0 amide bonds. The number of methoxy groups -OCH3 is 1. The van der Waals surface area contributed by atoms with Crippen LogP contribution in [0.4, 0.5) is 0 Å². The number of aryl methyl sites for hydroxylation is 3. The number of hydrogen-bond donors (Lipinski definition) is 2. The molecule has 0 fully saturated rings. The van der Waals surface area contributed by atoms with E-state index in [0.29, 0.717) is 0 Å². The van der Waals surface area contributed by atoms with E-state index in [9.17, 15) is 0 Å². The van der Waals surface area contributed by atoms with Gasteiger partial charge in [0, 0.05) is 10.0 Å². The molecule has 0 radical (unpaired) electrons. The van der Waals surface area contributed by atoms with Crippen LogP contribution >= 0.6 is 15.9 Å². The van der Waals surface area contributed by atoms with Crippen LogP contribution in [-0.4, -0.2) is 7.11 Å². The van der Waals surface area contributed by atoms with Crippen LogP contribution in [0, 0.1) is 20.8 Å². The van der Waals surface area contributed by atoms with E-state index < -0.39 is 0 Å². The van der Waals surface area contributed by atoms with Crippen molar-refractivity contribution in [1.82, 2.24) is 5.43 Å². The van der Waals surface area contributed by atoms with Gasteiger partial charge in [-0.05, 0) is 55.2 Å². The molecule has 0 aliphatic rings. The molecule has 3 nitrogen and oxygen atoms in total. The summed E-state index contributed by atoms with van der Waals surface area (Å²) in [5.74, 6) is 6.70. The number of nitrogens with two attached hydrogens (primary N) is 1. The van der Waals surface area contributed by atoms with Crippen LogP contribution in [0.1, 0.15) is 33.9 Å². The molecular weight excluding hydrogens is 328 g/mol. The van der Waals surface area contributed by atoms with Gasteiger partial charge in [-0.25, -0.2) is 5.43 Å². The number of benzene rings is 2. The summed E-state index contributed by atoms with van der Waals surface area (Å²) < 4.78 is 6.60. The highest BCUT2D eigenvalue weighted by Crippen LogP contribution is 2.36. The lowest BCUT2D eigenvalue weighted by molar-refractivity contribution is 0.403. The molecule has 0 saturated heterocycles. The van der Waals surface area contributed by atoms with Crippen molar-refractivity contribution >= 4 is 15.9 Å². The zero-order valence-corrected chi connectivity index (χ0v) is 14.4. The van der Waals surface area contributed by atoms with E-state index in [1.165, 1.54) is 11.1 Å². The van der Waals surface area contributed by atoms with E-state index >= 15 is 0 Å². The molecular formula is C17H21BrN2O. The molecule has 1 unspecified atom stereocenters. The predicted octanol–water partition coefficient (Wildman–Crippen LogP) is 3.94. The van der Waals surface area contributed by atoms with Crippen LogP contribution in [-0.2, 0) is 0 Å². The minimum atomic E-state index is -0.129. The molecule has 2 aromatic carbocycles. The fraction of sp³-hybridized carbons (Fsp3) is 0.294. The number of hydrogen-bond acceptors (Lipinski definition) is 3. The summed E-state index contributed by atoms with van der Waals surface area (Å²) >= 11 is 3.63. The third-order valence-corrected chi connectivity index (χ3v) is 4.32. The lowest BCUT2D eigenvalue weighted by Crippen LogP contribution is -2.30. The van der Waals surface area contributed by atoms with E-state index in [1.807, 2.05) is 6.07 Å². The number of rotatable bonds is 4. The smallest absolute Gasteiger partial charge is 0.124 e. The van der Waals surface area contributed by atoms with Crippen molar-refractivity contribution in [3.05, 3.63) is 62.6 Å². The Morgan fingerprint density at radius 2 is 1.81 bits per heavy atom. The Balaban J connectivity index is 2.61. The minimum Gasteiger partial charge on any atom is -0.496 e. The monoisotopic (exact) mass is 348 g/mol. The maximum Gasteiger partial charge on any atom is 0.124 e. The van der Waals surface area contributed by atoms with Gasteiger partial charge in [-0.3, -0.25) is 5.84 Å². The lowest BCUT2D eigenvalue weighted by atomic mass is 9.93. The molecule has 0 heterocycles. The molecule has 4 heteroatoms. The Kier molecular flexibility index (Phi) is 5.04. The van der Waals surface area contributed by atoms with E-state index in [4.69, 9.17) is 10.6 Å². The Morgan fingerprint density at radius 3 is 2.38 bits per heavy atom. The Morgan fingerprint density at radius 1 is 1.10 bits per heavy atom. The summed E-state index contributed by atoms with van der Waals surface area (Å²) in [5, 5.41) is 0. The van der Waals surface area contributed by atoms with Gasteiger partial charge in [0.2, 0.25) is 0 Å². The molecule has 0 bridgehead atoms. The molecule has 21 heavy (non-hydrogen) atoms. The quantitative estimate of drug-likeness (QED) is 0.649. The second kappa shape index (κ2) is 6.60. The van der Waals surface area contributed by atoms with Crippen molar-refractivity contribution < 1.29 is 4.74 Å². The number of ether oxygens (including phenoxy) is 1. The van der Waals surface area contributed by atoms with Crippen molar-refractivity contribution in [3.8, 4) is 5.75 Å². The van der Waals surface area contributed by atoms with Crippen molar-refractivity contribution in [2.24, 2.45) is 5.84 Å². The van der Waals surface area contributed by atoms with Crippen molar-refractivity contribution in [2.75, 3.05) is 7.11 Å². The highest BCUT2D eigenvalue weighted by atomic mass is 79.9. The Labute approximate surface area is 134 Å². The highest BCUT2D eigenvalue weighted by Gasteiger charge is 2.21. The molecule has 2 rings (SSSR count). The maximum atomic E-state index is 5.85. The zero-order chi connectivity index (χ0) is 15.6. The summed E-state index contributed by atoms with van der Waals surface area (Å²) in [4.78, 5) is 0. The molecule has 0 saturated carbocycles. The predicted molar refractivity (Wildman–Crippen MR) is 90.5 cm³/mol. The highest BCUT2D eigenvalue weighted by molar-refractivity contribution is 9.10. The fourth-order valence-corrected chi connectivity index (χ4v) is 3.40. The van der Waals surface area contributed by atoms with Crippen LogP contribution in [0.5, 0.6) is 5.75 Å². The number of nitrogens with one attached hydrogen (secondary N) is 1. The molecule has 0 spiro atoms. The van der Waals surface area contributed by atoms with Crippen molar-refractivity contribution in [2.45, 2.75) is 26.8 Å². The summed E-state index contributed by atoms with van der Waals surface area (Å²) in [6.07, 6.45) is 0. The minimum absolute atomic E-state index is 0.129. The molecule has 1 atom stereocenters. The van der Waals surface area contributed by atoms with Gasteiger partial charge in [0.05, 0.1) is 13.2 Å². The van der Waals surface area contributed by atoms with Crippen LogP contribution in [0.15, 0.2) is 34.8 Å². The second-order valence-electron chi connectivity index (χ2n) is 5.32. The van der Waals surface area contributed by atoms with E-state index in [-0.39, 0.29) is 6.04 Å². The van der Waals surface area contributed by atoms with Crippen LogP contribution < -0.4 is 16.0 Å². The first kappa shape index (κ1) is 16.0. The van der Waals surface area contributed by atoms with Gasteiger partial charge >= 0.3 is 0 Å². The normalized spacial score (nSPS) is 12.3. The van der Waals surface area contributed by atoms with Crippen LogP contribution in [0.2, 0.25) is 0 Å². The molecule has 112 valence electrons. The zero-order valence-electron chi connectivity index (χ0n) is 12.8. The molecule has 0 aliphatic carbocycles. The summed E-state index contributed by atoms with van der Waals surface area (Å²) in [6.45, 7) is 6.21. The van der Waals surface area contributed by atoms with Gasteiger partial charge in [-0.15, -0.1) is 0 Å². The Hall–Kier alpha value is -1.36. The van der Waals surface area contributed by atoms with Crippen LogP contribution in [0.3, 0.4) is 0 Å². The first-order valence-corrected chi connectivity index (χ1v) is 7.64. The van der Waals surface area contributed by atoms with Gasteiger partial charge in [0.25, 0.3) is 0 Å². The maximum absolute atomic E-state index is 5.85.